The van der Waals surface area contributed by atoms with E-state index < -0.39 is 5.41 Å². The van der Waals surface area contributed by atoms with E-state index in [1.54, 1.807) is 0 Å². The molecule has 4 N–H and O–H groups in total. The van der Waals surface area contributed by atoms with Crippen LogP contribution >= 0.6 is 0 Å². The number of carbonyl (C=O) groups excluding carboxylic acids is 1. The fourth-order valence-corrected chi connectivity index (χ4v) is 1.81. The molecule has 1 rings (SSSR count). The van der Waals surface area contributed by atoms with Gasteiger partial charge in [-0.3, -0.25) is 9.89 Å². The number of nitrogens with one attached hydrogen (secondary N) is 2. The summed E-state index contributed by atoms with van der Waals surface area (Å²) in [6.45, 7) is 6.36. The summed E-state index contributed by atoms with van der Waals surface area (Å²) in [4.78, 5) is 12.2. The maximum Gasteiger partial charge on any atom is 0.233 e. The summed E-state index contributed by atoms with van der Waals surface area (Å²) in [7, 11) is 0. The van der Waals surface area contributed by atoms with Gasteiger partial charge in [0.15, 0.2) is 5.82 Å². The number of aryl methyl sites for hydroxylation is 1. The molecule has 0 fully saturated rings. The van der Waals surface area contributed by atoms with Crippen molar-refractivity contribution < 1.29 is 4.79 Å². The quantitative estimate of drug-likeness (QED) is 0.705. The highest BCUT2D eigenvalue weighted by molar-refractivity contribution is 5.94. The summed E-state index contributed by atoms with van der Waals surface area (Å²) in [5.41, 5.74) is 6.25. The van der Waals surface area contributed by atoms with E-state index in [4.69, 9.17) is 5.73 Å². The molecule has 0 aromatic carbocycles. The number of aromatic nitrogens is 2. The molecule has 0 radical (unpaired) electrons. The third-order valence-corrected chi connectivity index (χ3v) is 3.48. The van der Waals surface area contributed by atoms with Gasteiger partial charge in [-0.2, -0.15) is 5.10 Å². The average Bonchev–Trinajstić information content (AvgIpc) is 2.80. The van der Waals surface area contributed by atoms with Gasteiger partial charge in [-0.25, -0.2) is 0 Å². The van der Waals surface area contributed by atoms with Gasteiger partial charge in [-0.1, -0.05) is 20.8 Å². The molecule has 0 bridgehead atoms. The van der Waals surface area contributed by atoms with Gasteiger partial charge in [0, 0.05) is 18.3 Å². The molecule has 0 saturated carbocycles. The van der Waals surface area contributed by atoms with Gasteiger partial charge in [-0.15, -0.1) is 0 Å². The van der Waals surface area contributed by atoms with E-state index in [-0.39, 0.29) is 5.91 Å². The molecule has 0 aliphatic heterocycles. The molecule has 1 heterocycles. The van der Waals surface area contributed by atoms with Crippen LogP contribution < -0.4 is 11.1 Å². The normalized spacial score (nSPS) is 11.5. The molecule has 1 aromatic rings. The minimum Gasteiger partial charge on any atom is -0.329 e. The first kappa shape index (κ1) is 13.7. The van der Waals surface area contributed by atoms with Gasteiger partial charge in [0.2, 0.25) is 5.91 Å². The largest absolute Gasteiger partial charge is 0.329 e. The van der Waals surface area contributed by atoms with Crippen molar-refractivity contribution in [1.82, 2.24) is 10.2 Å². The lowest BCUT2D eigenvalue weighted by Gasteiger charge is -2.27. The van der Waals surface area contributed by atoms with Crippen molar-refractivity contribution in [3.63, 3.8) is 0 Å². The first-order valence-electron chi connectivity index (χ1n) is 6.17. The second kappa shape index (κ2) is 5.82. The summed E-state index contributed by atoms with van der Waals surface area (Å²) in [6, 6.07) is 1.85. The first-order chi connectivity index (χ1) is 8.11. The smallest absolute Gasteiger partial charge is 0.233 e. The van der Waals surface area contributed by atoms with Gasteiger partial charge in [0.25, 0.3) is 0 Å². The fraction of sp³-hybridized carbons (Fsp3) is 0.667. The minimum absolute atomic E-state index is 0.0425. The van der Waals surface area contributed by atoms with Crippen molar-refractivity contribution in [2.24, 2.45) is 11.1 Å². The Morgan fingerprint density at radius 2 is 2.12 bits per heavy atom. The average molecular weight is 238 g/mol. The molecule has 0 spiro atoms. The molecule has 96 valence electrons. The molecule has 0 aliphatic rings. The van der Waals surface area contributed by atoms with Crippen molar-refractivity contribution in [1.29, 1.82) is 0 Å². The highest BCUT2D eigenvalue weighted by Gasteiger charge is 2.33. The maximum absolute atomic E-state index is 12.2. The number of amides is 1. The lowest BCUT2D eigenvalue weighted by atomic mass is 9.81. The number of rotatable bonds is 6. The van der Waals surface area contributed by atoms with E-state index in [2.05, 4.69) is 15.5 Å². The number of hydrogen-bond donors (Lipinski definition) is 3. The zero-order valence-electron chi connectivity index (χ0n) is 10.8. The Morgan fingerprint density at radius 1 is 1.47 bits per heavy atom. The second-order valence-electron chi connectivity index (χ2n) is 4.28. The van der Waals surface area contributed by atoms with Gasteiger partial charge in [0.1, 0.15) is 0 Å². The molecule has 0 aliphatic carbocycles. The lowest BCUT2D eigenvalue weighted by molar-refractivity contribution is -0.125. The van der Waals surface area contributed by atoms with Crippen LogP contribution in [0.2, 0.25) is 0 Å². The fourth-order valence-electron chi connectivity index (χ4n) is 1.81. The maximum atomic E-state index is 12.2. The summed E-state index contributed by atoms with van der Waals surface area (Å²) >= 11 is 0. The van der Waals surface area contributed by atoms with E-state index >= 15 is 0 Å². The first-order valence-corrected chi connectivity index (χ1v) is 6.17. The van der Waals surface area contributed by atoms with Crippen molar-refractivity contribution >= 4 is 11.7 Å². The predicted molar refractivity (Wildman–Crippen MR) is 68.7 cm³/mol. The van der Waals surface area contributed by atoms with Gasteiger partial charge >= 0.3 is 0 Å². The monoisotopic (exact) mass is 238 g/mol. The molecule has 0 saturated heterocycles. The van der Waals surface area contributed by atoms with Crippen LogP contribution in [0.3, 0.4) is 0 Å². The topological polar surface area (TPSA) is 83.8 Å². The van der Waals surface area contributed by atoms with Crippen molar-refractivity contribution in [3.05, 3.63) is 11.8 Å². The van der Waals surface area contributed by atoms with E-state index in [1.165, 1.54) is 0 Å². The standard InChI is InChI=1S/C12H22N4O/c1-4-9-7-10(16-15-9)14-11(17)12(5-2,6-3)8-13/h7H,4-6,8,13H2,1-3H3,(H2,14,15,16,17). The Hall–Kier alpha value is -1.36. The zero-order chi connectivity index (χ0) is 12.9. The van der Waals surface area contributed by atoms with Crippen LogP contribution in [0.15, 0.2) is 6.07 Å². The van der Waals surface area contributed by atoms with Crippen LogP contribution in [-0.4, -0.2) is 22.6 Å². The summed E-state index contributed by atoms with van der Waals surface area (Å²) < 4.78 is 0. The number of H-pyrrole nitrogens is 1. The van der Waals surface area contributed by atoms with E-state index in [1.807, 2.05) is 26.8 Å². The summed E-state index contributed by atoms with van der Waals surface area (Å²) in [6.07, 6.45) is 2.33. The summed E-state index contributed by atoms with van der Waals surface area (Å²) in [5, 5.41) is 9.74. The molecule has 1 aromatic heterocycles. The van der Waals surface area contributed by atoms with Crippen LogP contribution in [0.5, 0.6) is 0 Å². The third kappa shape index (κ3) is 2.85. The Labute approximate surface area is 102 Å². The third-order valence-electron chi connectivity index (χ3n) is 3.48. The van der Waals surface area contributed by atoms with Crippen LogP contribution in [0, 0.1) is 5.41 Å². The number of nitrogens with two attached hydrogens (primary N) is 1. The zero-order valence-corrected chi connectivity index (χ0v) is 10.8. The van der Waals surface area contributed by atoms with E-state index in [0.717, 1.165) is 25.0 Å². The minimum atomic E-state index is -0.481. The highest BCUT2D eigenvalue weighted by Crippen LogP contribution is 2.26. The van der Waals surface area contributed by atoms with E-state index in [9.17, 15) is 4.79 Å². The van der Waals surface area contributed by atoms with Gasteiger partial charge in [0.05, 0.1) is 5.41 Å². The molecule has 1 amide bonds. The van der Waals surface area contributed by atoms with Crippen LogP contribution in [0.1, 0.15) is 39.3 Å². The Morgan fingerprint density at radius 3 is 2.53 bits per heavy atom. The number of aromatic amines is 1. The van der Waals surface area contributed by atoms with Crippen LogP contribution in [0.4, 0.5) is 5.82 Å². The molecule has 5 heteroatoms. The van der Waals surface area contributed by atoms with Crippen molar-refractivity contribution in [3.8, 4) is 0 Å². The second-order valence-corrected chi connectivity index (χ2v) is 4.28. The molecule has 0 atom stereocenters. The Kier molecular flexibility index (Phi) is 4.69. The van der Waals surface area contributed by atoms with E-state index in [0.29, 0.717) is 12.4 Å². The lowest BCUT2D eigenvalue weighted by Crippen LogP contribution is -2.41. The van der Waals surface area contributed by atoms with Crippen LogP contribution in [0.25, 0.3) is 0 Å². The van der Waals surface area contributed by atoms with Gasteiger partial charge in [-0.05, 0) is 19.3 Å². The number of nitrogens with zero attached hydrogens (tertiary/aromatic N) is 1. The predicted octanol–water partition coefficient (Wildman–Crippen LogP) is 1.68. The molecule has 0 unspecified atom stereocenters. The molecule has 5 nitrogen and oxygen atoms in total. The Bertz CT molecular complexity index is 360. The van der Waals surface area contributed by atoms with Gasteiger partial charge < -0.3 is 11.1 Å². The Balaban J connectivity index is 2.76. The highest BCUT2D eigenvalue weighted by atomic mass is 16.2. The molecular weight excluding hydrogens is 216 g/mol. The van der Waals surface area contributed by atoms with Crippen molar-refractivity contribution in [2.75, 3.05) is 11.9 Å². The number of anilines is 1. The van der Waals surface area contributed by atoms with Crippen molar-refractivity contribution in [2.45, 2.75) is 40.0 Å². The number of hydrogen-bond acceptors (Lipinski definition) is 3. The summed E-state index contributed by atoms with van der Waals surface area (Å²) in [5.74, 6) is 0.533. The van der Waals surface area contributed by atoms with Crippen LogP contribution in [-0.2, 0) is 11.2 Å². The number of carbonyl (C=O) groups is 1. The SMILES string of the molecule is CCc1cc(NC(=O)C(CC)(CC)CN)n[nH]1. The molecular formula is C12H22N4O. The molecule has 17 heavy (non-hydrogen) atoms.